The molecule has 10 heteroatoms. The van der Waals surface area contributed by atoms with Crippen LogP contribution in [0.15, 0.2) is 18.3 Å². The van der Waals surface area contributed by atoms with Crippen molar-refractivity contribution in [2.75, 3.05) is 6.61 Å². The van der Waals surface area contributed by atoms with Crippen LogP contribution in [-0.4, -0.2) is 39.4 Å². The lowest BCUT2D eigenvalue weighted by Gasteiger charge is -2.16. The first-order valence-electron chi connectivity index (χ1n) is 9.70. The Morgan fingerprint density at radius 1 is 1.13 bits per heavy atom. The topological polar surface area (TPSA) is 94.1 Å². The number of hydrogen-bond acceptors (Lipinski definition) is 6. The van der Waals surface area contributed by atoms with Crippen LogP contribution in [0.1, 0.15) is 59.9 Å². The van der Waals surface area contributed by atoms with Gasteiger partial charge in [-0.15, -0.1) is 0 Å². The van der Waals surface area contributed by atoms with E-state index in [4.69, 9.17) is 0 Å². The van der Waals surface area contributed by atoms with E-state index >= 15 is 0 Å². The van der Waals surface area contributed by atoms with Crippen LogP contribution in [0, 0.1) is 19.8 Å². The Bertz CT molecular complexity index is 961. The van der Waals surface area contributed by atoms with E-state index in [0.29, 0.717) is 22.8 Å². The molecule has 1 N–H and O–H groups in total. The number of halogens is 3. The highest BCUT2D eigenvalue weighted by atomic mass is 19.4. The molecule has 0 spiro atoms. The lowest BCUT2D eigenvalue weighted by Crippen LogP contribution is -2.28. The molecule has 0 fully saturated rings. The summed E-state index contributed by atoms with van der Waals surface area (Å²) >= 11 is 0. The first-order chi connectivity index (χ1) is 14.4. The molecule has 2 rings (SSSR count). The number of carbonyl (C=O) groups excluding carboxylic acids is 2. The largest absolute Gasteiger partial charge is 0.468 e. The second kappa shape index (κ2) is 9.84. The van der Waals surface area contributed by atoms with Gasteiger partial charge in [-0.2, -0.15) is 13.2 Å². The van der Waals surface area contributed by atoms with E-state index in [1.54, 1.807) is 33.8 Å². The summed E-state index contributed by atoms with van der Waals surface area (Å²) in [5, 5.41) is 2.77. The molecule has 0 bridgehead atoms. The van der Waals surface area contributed by atoms with E-state index in [0.717, 1.165) is 6.20 Å². The Kier molecular flexibility index (Phi) is 7.70. The van der Waals surface area contributed by atoms with Gasteiger partial charge in [0.25, 0.3) is 5.91 Å². The predicted octanol–water partition coefficient (Wildman–Crippen LogP) is 3.69. The molecule has 0 aliphatic rings. The Balaban J connectivity index is 2.11. The number of ether oxygens (including phenoxy) is 1. The van der Waals surface area contributed by atoms with E-state index in [9.17, 15) is 22.8 Å². The second-order valence-electron chi connectivity index (χ2n) is 7.59. The van der Waals surface area contributed by atoms with Gasteiger partial charge in [0.15, 0.2) is 6.61 Å². The van der Waals surface area contributed by atoms with Crippen LogP contribution in [0.2, 0.25) is 0 Å². The van der Waals surface area contributed by atoms with Crippen molar-refractivity contribution in [3.05, 3.63) is 46.7 Å². The third-order valence-corrected chi connectivity index (χ3v) is 4.35. The predicted molar refractivity (Wildman–Crippen MR) is 107 cm³/mol. The number of rotatable bonds is 8. The van der Waals surface area contributed by atoms with Crippen molar-refractivity contribution in [2.24, 2.45) is 5.92 Å². The number of nitrogens with zero attached hydrogens (tertiary/aromatic N) is 3. The molecule has 2 heterocycles. The third-order valence-electron chi connectivity index (χ3n) is 4.35. The number of amides is 1. The van der Waals surface area contributed by atoms with Crippen molar-refractivity contribution in [2.45, 2.75) is 53.3 Å². The monoisotopic (exact) mass is 438 g/mol. The normalized spacial score (nSPS) is 12.5. The first-order valence-corrected chi connectivity index (χ1v) is 9.70. The summed E-state index contributed by atoms with van der Waals surface area (Å²) in [7, 11) is 0. The minimum Gasteiger partial charge on any atom is -0.468 e. The summed E-state index contributed by atoms with van der Waals surface area (Å²) in [6.45, 7) is 7.16. The van der Waals surface area contributed by atoms with E-state index < -0.39 is 24.7 Å². The molecule has 1 atom stereocenters. The molecule has 0 radical (unpaired) electrons. The number of alkyl halides is 3. The van der Waals surface area contributed by atoms with Crippen LogP contribution < -0.4 is 10.1 Å². The Hall–Kier alpha value is -3.04. The molecule has 0 aliphatic carbocycles. The molecule has 2 aromatic rings. The first kappa shape index (κ1) is 24.2. The number of nitrogens with one attached hydrogen (secondary N) is 1. The molecule has 168 valence electrons. The summed E-state index contributed by atoms with van der Waals surface area (Å²) in [4.78, 5) is 37.1. The van der Waals surface area contributed by atoms with Gasteiger partial charge < -0.3 is 10.1 Å². The summed E-state index contributed by atoms with van der Waals surface area (Å²) in [6.07, 6.45) is -3.22. The molecule has 1 amide bonds. The van der Waals surface area contributed by atoms with Crippen molar-refractivity contribution in [3.8, 4) is 5.88 Å². The standard InChI is InChI=1S/C21H25F3N4O3/c1-11(2)17(29)8-18-26-13(4)7-16(28-18)14(5)27-19(30)15-6-12(3)20(25-9-15)31-10-21(22,23)24/h6-7,9,11,14H,8,10H2,1-5H3,(H,27,30). The maximum atomic E-state index is 12.6. The summed E-state index contributed by atoms with van der Waals surface area (Å²) < 4.78 is 41.6. The van der Waals surface area contributed by atoms with Crippen molar-refractivity contribution in [3.63, 3.8) is 0 Å². The van der Waals surface area contributed by atoms with Crippen LogP contribution in [0.4, 0.5) is 13.2 Å². The van der Waals surface area contributed by atoms with Crippen molar-refractivity contribution in [1.29, 1.82) is 0 Å². The number of ketones is 1. The fourth-order valence-corrected chi connectivity index (χ4v) is 2.66. The zero-order chi connectivity index (χ0) is 23.3. The van der Waals surface area contributed by atoms with Gasteiger partial charge in [0.1, 0.15) is 11.6 Å². The minimum atomic E-state index is -4.48. The van der Waals surface area contributed by atoms with Gasteiger partial charge in [-0.05, 0) is 32.9 Å². The Labute approximate surface area is 178 Å². The van der Waals surface area contributed by atoms with Gasteiger partial charge in [-0.3, -0.25) is 9.59 Å². The fraction of sp³-hybridized carbons (Fsp3) is 0.476. The molecule has 0 aromatic carbocycles. The van der Waals surface area contributed by atoms with Gasteiger partial charge in [-0.25, -0.2) is 15.0 Å². The quantitative estimate of drug-likeness (QED) is 0.676. The lowest BCUT2D eigenvalue weighted by molar-refractivity contribution is -0.154. The number of hydrogen-bond donors (Lipinski definition) is 1. The van der Waals surface area contributed by atoms with Crippen LogP contribution >= 0.6 is 0 Å². The average Bonchev–Trinajstić information content (AvgIpc) is 2.65. The van der Waals surface area contributed by atoms with Crippen molar-refractivity contribution < 1.29 is 27.5 Å². The van der Waals surface area contributed by atoms with Crippen LogP contribution in [0.25, 0.3) is 0 Å². The van der Waals surface area contributed by atoms with Crippen molar-refractivity contribution in [1.82, 2.24) is 20.3 Å². The average molecular weight is 438 g/mol. The molecule has 0 saturated heterocycles. The van der Waals surface area contributed by atoms with Gasteiger partial charge in [-0.1, -0.05) is 13.8 Å². The lowest BCUT2D eigenvalue weighted by atomic mass is 10.1. The highest BCUT2D eigenvalue weighted by molar-refractivity contribution is 5.94. The molecule has 7 nitrogen and oxygen atoms in total. The van der Waals surface area contributed by atoms with Gasteiger partial charge in [0.2, 0.25) is 5.88 Å². The maximum Gasteiger partial charge on any atom is 0.422 e. The van der Waals surface area contributed by atoms with Gasteiger partial charge in [0, 0.05) is 23.4 Å². The van der Waals surface area contributed by atoms with E-state index in [1.807, 2.05) is 0 Å². The van der Waals surface area contributed by atoms with Crippen LogP contribution in [-0.2, 0) is 11.2 Å². The highest BCUT2D eigenvalue weighted by Crippen LogP contribution is 2.21. The van der Waals surface area contributed by atoms with E-state index in [1.165, 1.54) is 13.0 Å². The number of aromatic nitrogens is 3. The van der Waals surface area contributed by atoms with Gasteiger partial charge in [0.05, 0.1) is 23.7 Å². The molecular weight excluding hydrogens is 413 g/mol. The molecule has 2 aromatic heterocycles. The van der Waals surface area contributed by atoms with Crippen LogP contribution in [0.5, 0.6) is 5.88 Å². The zero-order valence-corrected chi connectivity index (χ0v) is 18.0. The molecule has 1 unspecified atom stereocenters. The fourth-order valence-electron chi connectivity index (χ4n) is 2.66. The SMILES string of the molecule is Cc1cc(C(C)NC(=O)c2cnc(OCC(F)(F)F)c(C)c2)nc(CC(=O)C(C)C)n1. The second-order valence-corrected chi connectivity index (χ2v) is 7.59. The Morgan fingerprint density at radius 2 is 1.81 bits per heavy atom. The zero-order valence-electron chi connectivity index (χ0n) is 18.0. The van der Waals surface area contributed by atoms with E-state index in [2.05, 4.69) is 25.0 Å². The minimum absolute atomic E-state index is 0.0163. The Morgan fingerprint density at radius 3 is 2.39 bits per heavy atom. The number of Topliss-reactive ketones (excluding diaryl/α,β-unsaturated/α-hetero) is 1. The van der Waals surface area contributed by atoms with Gasteiger partial charge >= 0.3 is 6.18 Å². The smallest absolute Gasteiger partial charge is 0.422 e. The van der Waals surface area contributed by atoms with Crippen molar-refractivity contribution >= 4 is 11.7 Å². The third kappa shape index (κ3) is 7.30. The molecule has 31 heavy (non-hydrogen) atoms. The maximum absolute atomic E-state index is 12.6. The summed E-state index contributed by atoms with van der Waals surface area (Å²) in [5.74, 6) is -0.390. The highest BCUT2D eigenvalue weighted by Gasteiger charge is 2.29. The molecular formula is C21H25F3N4O3. The number of carbonyl (C=O) groups is 2. The van der Waals surface area contributed by atoms with E-state index in [-0.39, 0.29) is 29.6 Å². The summed E-state index contributed by atoms with van der Waals surface area (Å²) in [5.41, 5.74) is 1.69. The van der Waals surface area contributed by atoms with Crippen LogP contribution in [0.3, 0.4) is 0 Å². The number of aryl methyl sites for hydroxylation is 2. The molecule has 0 saturated carbocycles. The number of pyridine rings is 1. The molecule has 0 aliphatic heterocycles. The summed E-state index contributed by atoms with van der Waals surface area (Å²) in [6, 6.07) is 2.62.